The van der Waals surface area contributed by atoms with E-state index in [0.717, 1.165) is 0 Å². The Bertz CT molecular complexity index is 420. The summed E-state index contributed by atoms with van der Waals surface area (Å²) in [5, 5.41) is 14.6. The molecule has 0 bridgehead atoms. The van der Waals surface area contributed by atoms with Crippen molar-refractivity contribution in [3.05, 3.63) is 0 Å². The number of hydrogen-bond acceptors (Lipinski definition) is 4. The number of nitrogens with one attached hydrogen (secondary N) is 2. The van der Waals surface area contributed by atoms with Crippen molar-refractivity contribution in [2.24, 2.45) is 5.92 Å². The summed E-state index contributed by atoms with van der Waals surface area (Å²) in [6, 6.07) is -1.30. The number of nitrogens with zero attached hydrogens (tertiary/aromatic N) is 1. The lowest BCUT2D eigenvalue weighted by Crippen LogP contribution is -2.53. The lowest BCUT2D eigenvalue weighted by Gasteiger charge is -2.31. The maximum Gasteiger partial charge on any atom is 0.326 e. The van der Waals surface area contributed by atoms with Crippen LogP contribution in [0.4, 0.5) is 0 Å². The zero-order chi connectivity index (χ0) is 15.7. The minimum atomic E-state index is -1.08. The van der Waals surface area contributed by atoms with Crippen molar-refractivity contribution < 1.29 is 19.5 Å². The number of aliphatic carboxylic acids is 1. The number of carbonyl (C=O) groups is 3. The van der Waals surface area contributed by atoms with Gasteiger partial charge in [0.1, 0.15) is 12.6 Å². The third-order valence-electron chi connectivity index (χ3n) is 3.43. The molecule has 3 N–H and O–H groups in total. The van der Waals surface area contributed by atoms with E-state index in [1.165, 1.54) is 4.90 Å². The molecule has 0 aromatic rings. The largest absolute Gasteiger partial charge is 0.480 e. The van der Waals surface area contributed by atoms with Crippen LogP contribution in [0.15, 0.2) is 0 Å². The first-order chi connectivity index (χ1) is 9.06. The Morgan fingerprint density at radius 3 is 2.35 bits per heavy atom. The molecule has 2 atom stereocenters. The van der Waals surface area contributed by atoms with Crippen molar-refractivity contribution in [2.75, 3.05) is 6.54 Å². The normalized spacial score (nSPS) is 23.0. The number of carboxylic acids is 1. The number of hydrogen-bond donors (Lipinski definition) is 3. The van der Waals surface area contributed by atoms with Gasteiger partial charge in [-0.1, -0.05) is 13.8 Å². The fourth-order valence-corrected chi connectivity index (χ4v) is 2.33. The minimum Gasteiger partial charge on any atom is -0.480 e. The predicted octanol–water partition coefficient (Wildman–Crippen LogP) is -0.232. The summed E-state index contributed by atoms with van der Waals surface area (Å²) in [7, 11) is 0. The van der Waals surface area contributed by atoms with Gasteiger partial charge in [-0.05, 0) is 26.7 Å². The number of rotatable bonds is 5. The van der Waals surface area contributed by atoms with Gasteiger partial charge in [-0.25, -0.2) is 4.79 Å². The van der Waals surface area contributed by atoms with E-state index in [9.17, 15) is 14.4 Å². The second-order valence-electron chi connectivity index (χ2n) is 5.98. The van der Waals surface area contributed by atoms with Crippen molar-refractivity contribution >= 4 is 17.8 Å². The highest BCUT2D eigenvalue weighted by atomic mass is 16.4. The second kappa shape index (κ2) is 5.78. The van der Waals surface area contributed by atoms with Gasteiger partial charge >= 0.3 is 5.97 Å². The molecule has 0 radical (unpaired) electrons. The summed E-state index contributed by atoms with van der Waals surface area (Å²) in [4.78, 5) is 36.4. The molecule has 1 rings (SSSR count). The number of carbonyl (C=O) groups excluding carboxylic acids is 2. The molecule has 1 heterocycles. The highest BCUT2D eigenvalue weighted by molar-refractivity contribution is 5.91. The lowest BCUT2D eigenvalue weighted by molar-refractivity contribution is -0.144. The first kappa shape index (κ1) is 16.4. The van der Waals surface area contributed by atoms with E-state index in [1.807, 2.05) is 0 Å². The van der Waals surface area contributed by atoms with Crippen LogP contribution >= 0.6 is 0 Å². The van der Waals surface area contributed by atoms with Gasteiger partial charge in [0, 0.05) is 0 Å². The van der Waals surface area contributed by atoms with Crippen molar-refractivity contribution in [2.45, 2.75) is 52.4 Å². The molecule has 2 amide bonds. The van der Waals surface area contributed by atoms with Gasteiger partial charge in [-0.2, -0.15) is 0 Å². The summed E-state index contributed by atoms with van der Waals surface area (Å²) < 4.78 is 0. The van der Waals surface area contributed by atoms with Gasteiger partial charge in [0.25, 0.3) is 0 Å². The van der Waals surface area contributed by atoms with Crippen molar-refractivity contribution in [3.63, 3.8) is 0 Å². The van der Waals surface area contributed by atoms with E-state index in [0.29, 0.717) is 0 Å². The maximum atomic E-state index is 12.0. The summed E-state index contributed by atoms with van der Waals surface area (Å²) in [6.45, 7) is 8.62. The maximum absolute atomic E-state index is 12.0. The van der Waals surface area contributed by atoms with Crippen LogP contribution < -0.4 is 10.6 Å². The zero-order valence-electron chi connectivity index (χ0n) is 12.6. The monoisotopic (exact) mass is 285 g/mol. The van der Waals surface area contributed by atoms with Gasteiger partial charge < -0.3 is 15.3 Å². The third kappa shape index (κ3) is 3.47. The average molecular weight is 285 g/mol. The van der Waals surface area contributed by atoms with Crippen LogP contribution in [0.5, 0.6) is 0 Å². The third-order valence-corrected chi connectivity index (χ3v) is 3.43. The van der Waals surface area contributed by atoms with Gasteiger partial charge in [0.2, 0.25) is 11.8 Å². The molecule has 20 heavy (non-hydrogen) atoms. The fraction of sp³-hybridized carbons (Fsp3) is 0.769. The Kier molecular flexibility index (Phi) is 4.75. The van der Waals surface area contributed by atoms with Gasteiger partial charge in [0.05, 0.1) is 11.7 Å². The highest BCUT2D eigenvalue weighted by Crippen LogP contribution is 2.20. The molecule has 1 fully saturated rings. The molecule has 1 aliphatic rings. The van der Waals surface area contributed by atoms with Gasteiger partial charge in [-0.3, -0.25) is 14.9 Å². The quantitative estimate of drug-likeness (QED) is 0.648. The molecule has 0 spiro atoms. The number of carboxylic acid groups (broad SMARTS) is 1. The van der Waals surface area contributed by atoms with Crippen LogP contribution in [0.1, 0.15) is 34.6 Å². The van der Waals surface area contributed by atoms with Gasteiger partial charge in [-0.15, -0.1) is 0 Å². The van der Waals surface area contributed by atoms with Crippen LogP contribution in [-0.2, 0) is 14.4 Å². The Morgan fingerprint density at radius 2 is 2.00 bits per heavy atom. The van der Waals surface area contributed by atoms with Gasteiger partial charge in [0.15, 0.2) is 0 Å². The van der Waals surface area contributed by atoms with Crippen molar-refractivity contribution in [1.29, 1.82) is 0 Å². The van der Waals surface area contributed by atoms with Crippen LogP contribution in [0.25, 0.3) is 0 Å². The van der Waals surface area contributed by atoms with Crippen molar-refractivity contribution in [1.82, 2.24) is 15.5 Å². The summed E-state index contributed by atoms with van der Waals surface area (Å²) in [5.41, 5.74) is -0.621. The highest BCUT2D eigenvalue weighted by Gasteiger charge is 2.43. The Hall–Kier alpha value is -1.63. The molecule has 1 saturated heterocycles. The molecular weight excluding hydrogens is 262 g/mol. The van der Waals surface area contributed by atoms with E-state index >= 15 is 0 Å². The molecular formula is C13H23N3O4. The predicted molar refractivity (Wildman–Crippen MR) is 72.8 cm³/mol. The minimum absolute atomic E-state index is 0.153. The topological polar surface area (TPSA) is 98.7 Å². The summed E-state index contributed by atoms with van der Waals surface area (Å²) in [6.07, 6.45) is 0. The molecule has 0 aromatic heterocycles. The SMILES string of the molecule is CC(C)[C@H](NC(=O)CN1C(=O)[C@H](C)NC1(C)C)C(=O)O. The van der Waals surface area contributed by atoms with E-state index in [1.54, 1.807) is 34.6 Å². The number of amides is 2. The zero-order valence-corrected chi connectivity index (χ0v) is 12.6. The molecule has 0 saturated carbocycles. The van der Waals surface area contributed by atoms with E-state index in [-0.39, 0.29) is 24.4 Å². The van der Waals surface area contributed by atoms with Crippen LogP contribution in [-0.4, -0.2) is 52.1 Å². The molecule has 0 aliphatic carbocycles. The molecule has 0 unspecified atom stereocenters. The van der Waals surface area contributed by atoms with Crippen LogP contribution in [0.2, 0.25) is 0 Å². The molecule has 7 heteroatoms. The average Bonchev–Trinajstić information content (AvgIpc) is 2.47. The Balaban J connectivity index is 2.71. The smallest absolute Gasteiger partial charge is 0.326 e. The fourth-order valence-electron chi connectivity index (χ4n) is 2.33. The summed E-state index contributed by atoms with van der Waals surface area (Å²) >= 11 is 0. The molecule has 0 aromatic carbocycles. The first-order valence-electron chi connectivity index (χ1n) is 6.67. The molecule has 1 aliphatic heterocycles. The molecule has 7 nitrogen and oxygen atoms in total. The Morgan fingerprint density at radius 1 is 1.45 bits per heavy atom. The van der Waals surface area contributed by atoms with Crippen molar-refractivity contribution in [3.8, 4) is 0 Å². The van der Waals surface area contributed by atoms with E-state index < -0.39 is 23.6 Å². The van der Waals surface area contributed by atoms with E-state index in [4.69, 9.17) is 5.11 Å². The first-order valence-corrected chi connectivity index (χ1v) is 6.67. The van der Waals surface area contributed by atoms with Crippen LogP contribution in [0.3, 0.4) is 0 Å². The standard InChI is InChI=1S/C13H23N3O4/c1-7(2)10(12(19)20)14-9(17)6-16-11(18)8(3)15-13(16,4)5/h7-8,10,15H,6H2,1-5H3,(H,14,17)(H,19,20)/t8-,10-/m0/s1. The van der Waals surface area contributed by atoms with E-state index in [2.05, 4.69) is 10.6 Å². The Labute approximate surface area is 118 Å². The summed E-state index contributed by atoms with van der Waals surface area (Å²) in [5.74, 6) is -1.94. The second-order valence-corrected chi connectivity index (χ2v) is 5.98. The molecule has 114 valence electrons. The lowest BCUT2D eigenvalue weighted by atomic mass is 10.0. The van der Waals surface area contributed by atoms with Crippen LogP contribution in [0, 0.1) is 5.92 Å².